The summed E-state index contributed by atoms with van der Waals surface area (Å²) in [5.74, 6) is 26.5. The van der Waals surface area contributed by atoms with E-state index in [-0.39, 0.29) is 35.5 Å². The van der Waals surface area contributed by atoms with Crippen LogP contribution in [0.15, 0.2) is 96.1 Å². The number of ether oxygens (including phenoxy) is 8. The first-order valence-corrected chi connectivity index (χ1v) is 49.7. The Morgan fingerprint density at radius 3 is 0.633 bits per heavy atom. The number of unbranched alkanes of at least 4 members (excludes halogenated alkanes) is 54. The molecule has 4 aromatic rings. The average molecular weight is 1650 g/mol. The third-order valence-electron chi connectivity index (χ3n) is 22.6. The SMILES string of the molecule is CCCCCCCCCCCCOc1cc(C(=O)OC/C(C#CC#Cc2ccccc2)=C(\C#CC#Cc2ccccc2)COC(=O)c2cc(OCCCCCCCCCCCC)c(OCCCCCCCCCCCC)c(OCCCCCCCCCCCC)c2)cc(OCCCCCCCCCCCC)c1OCCCCCCCCCCCC. The molecule has 0 aliphatic carbocycles. The Balaban J connectivity index is 1.81. The second-order valence-corrected chi connectivity index (χ2v) is 33.6. The van der Waals surface area contributed by atoms with Crippen LogP contribution in [0.3, 0.4) is 0 Å². The van der Waals surface area contributed by atoms with Crippen molar-refractivity contribution < 1.29 is 47.5 Å². The van der Waals surface area contributed by atoms with Gasteiger partial charge < -0.3 is 37.9 Å². The molecule has 0 saturated heterocycles. The zero-order valence-electron chi connectivity index (χ0n) is 77.2. The molecular weight excluding hydrogens is 1480 g/mol. The summed E-state index contributed by atoms with van der Waals surface area (Å²) in [5.41, 5.74) is 2.64. The predicted molar refractivity (Wildman–Crippen MR) is 507 cm³/mol. The molecule has 0 aliphatic rings. The van der Waals surface area contributed by atoms with Gasteiger partial charge in [-0.25, -0.2) is 9.59 Å². The Hall–Kier alpha value is -7.40. The van der Waals surface area contributed by atoms with Crippen molar-refractivity contribution in [3.63, 3.8) is 0 Å². The van der Waals surface area contributed by atoms with Crippen molar-refractivity contribution in [1.82, 2.24) is 0 Å². The van der Waals surface area contributed by atoms with Crippen molar-refractivity contribution in [2.45, 2.75) is 427 Å². The Bertz CT molecular complexity index is 3130. The van der Waals surface area contributed by atoms with Crippen molar-refractivity contribution >= 4 is 11.9 Å². The van der Waals surface area contributed by atoms with Crippen LogP contribution in [0.5, 0.6) is 34.5 Å². The van der Waals surface area contributed by atoms with Gasteiger partial charge in [-0.3, -0.25) is 0 Å². The molecule has 10 heteroatoms. The molecule has 0 spiro atoms. The average Bonchev–Trinajstić information content (AvgIpc) is 0.817. The highest BCUT2D eigenvalue weighted by Crippen LogP contribution is 2.42. The summed E-state index contributed by atoms with van der Waals surface area (Å²) >= 11 is 0. The molecule has 0 radical (unpaired) electrons. The summed E-state index contributed by atoms with van der Waals surface area (Å²) in [5, 5.41) is 0. The fourth-order valence-electron chi connectivity index (χ4n) is 15.0. The molecule has 0 unspecified atom stereocenters. The fraction of sp³-hybridized carbons (Fsp3) is 0.673. The summed E-state index contributed by atoms with van der Waals surface area (Å²) < 4.78 is 53.4. The van der Waals surface area contributed by atoms with Crippen LogP contribution in [0.25, 0.3) is 0 Å². The van der Waals surface area contributed by atoms with Crippen molar-refractivity contribution in [3.8, 4) is 81.9 Å². The van der Waals surface area contributed by atoms with Gasteiger partial charge in [0.25, 0.3) is 0 Å². The lowest BCUT2D eigenvalue weighted by atomic mass is 10.1. The molecular formula is C110H168O10. The normalized spacial score (nSPS) is 11.1. The largest absolute Gasteiger partial charge is 0.490 e. The summed E-state index contributed by atoms with van der Waals surface area (Å²) in [6, 6.07) is 26.3. The van der Waals surface area contributed by atoms with Gasteiger partial charge in [-0.05, 0) is 111 Å². The molecule has 668 valence electrons. The maximum atomic E-state index is 15.2. The van der Waals surface area contributed by atoms with Gasteiger partial charge in [0.05, 0.1) is 61.9 Å². The molecule has 0 aromatic heterocycles. The molecule has 0 amide bonds. The second-order valence-electron chi connectivity index (χ2n) is 33.6. The summed E-state index contributed by atoms with van der Waals surface area (Å²) in [4.78, 5) is 30.3. The highest BCUT2D eigenvalue weighted by Gasteiger charge is 2.24. The van der Waals surface area contributed by atoms with Gasteiger partial charge in [0.2, 0.25) is 11.5 Å². The minimum Gasteiger partial charge on any atom is -0.490 e. The van der Waals surface area contributed by atoms with E-state index in [1.54, 1.807) is 24.3 Å². The maximum absolute atomic E-state index is 15.2. The van der Waals surface area contributed by atoms with Gasteiger partial charge in [0.1, 0.15) is 13.2 Å². The van der Waals surface area contributed by atoms with E-state index in [1.165, 1.54) is 270 Å². The fourth-order valence-corrected chi connectivity index (χ4v) is 15.0. The Kier molecular flexibility index (Phi) is 67.9. The third kappa shape index (κ3) is 55.6. The van der Waals surface area contributed by atoms with E-state index < -0.39 is 11.9 Å². The highest BCUT2D eigenvalue weighted by atomic mass is 16.6. The van der Waals surface area contributed by atoms with Crippen LogP contribution in [-0.4, -0.2) is 64.8 Å². The van der Waals surface area contributed by atoms with Crippen LogP contribution < -0.4 is 28.4 Å². The molecule has 0 aliphatic heterocycles. The molecule has 0 saturated carbocycles. The van der Waals surface area contributed by atoms with Crippen molar-refractivity contribution in [2.24, 2.45) is 0 Å². The van der Waals surface area contributed by atoms with Gasteiger partial charge in [-0.2, -0.15) is 0 Å². The van der Waals surface area contributed by atoms with Crippen molar-refractivity contribution in [3.05, 3.63) is 118 Å². The van der Waals surface area contributed by atoms with Crippen LogP contribution in [-0.2, 0) is 9.47 Å². The predicted octanol–water partition coefficient (Wildman–Crippen LogP) is 31.9. The molecule has 4 rings (SSSR count). The van der Waals surface area contributed by atoms with Gasteiger partial charge in [-0.15, -0.1) is 0 Å². The van der Waals surface area contributed by atoms with E-state index in [0.717, 1.165) is 127 Å². The Morgan fingerprint density at radius 2 is 0.425 bits per heavy atom. The molecule has 10 nitrogen and oxygen atoms in total. The van der Waals surface area contributed by atoms with Crippen LogP contribution >= 0.6 is 0 Å². The van der Waals surface area contributed by atoms with Crippen LogP contribution in [0.2, 0.25) is 0 Å². The Morgan fingerprint density at radius 1 is 0.233 bits per heavy atom. The van der Waals surface area contributed by atoms with E-state index in [1.807, 2.05) is 60.7 Å². The zero-order chi connectivity index (χ0) is 85.4. The van der Waals surface area contributed by atoms with E-state index >= 15 is 9.59 Å². The van der Waals surface area contributed by atoms with E-state index in [2.05, 4.69) is 88.9 Å². The summed E-state index contributed by atoms with van der Waals surface area (Å²) in [6.45, 7) is 15.8. The van der Waals surface area contributed by atoms with E-state index in [4.69, 9.17) is 37.9 Å². The minimum absolute atomic E-state index is 0.245. The number of hydrogen-bond acceptors (Lipinski definition) is 10. The first-order valence-electron chi connectivity index (χ1n) is 49.7. The lowest BCUT2D eigenvalue weighted by Gasteiger charge is -2.19. The summed E-state index contributed by atoms with van der Waals surface area (Å²) in [7, 11) is 0. The standard InChI is InChI=1S/C110H168O10/c1-7-13-19-25-31-37-43-49-55-71-85-113-103-91-101(92-104(114-86-72-56-50-44-38-32-26-20-14-8-2)107(103)117-89-75-59-53-47-41-35-29-23-17-11-5)109(111)119-95-99(83-69-67-81-97-77-63-61-64-78-97)100(84-70-68-82-98-79-65-62-66-80-98)96-120-110(112)102-93-105(115-87-73-57-51-45-39-33-27-21-15-9-3)108(118-90-76-60-54-48-42-36-30-24-18-12-6)106(94-102)116-88-74-58-52-46-40-34-28-22-16-10-4/h61-66,77-80,91-94H,7-60,71-76,85-90,95-96H2,1-6H3/b100-99+. The smallest absolute Gasteiger partial charge is 0.338 e. The highest BCUT2D eigenvalue weighted by molar-refractivity contribution is 5.92. The first-order chi connectivity index (χ1) is 59.3. The Labute approximate surface area is 735 Å². The molecule has 120 heavy (non-hydrogen) atoms. The summed E-state index contributed by atoms with van der Waals surface area (Å²) in [6.07, 6.45) is 72.3. The number of hydrogen-bond donors (Lipinski definition) is 0. The molecule has 4 aromatic carbocycles. The van der Waals surface area contributed by atoms with Crippen LogP contribution in [0.1, 0.15) is 459 Å². The number of carbonyl (C=O) groups is 2. The molecule has 0 N–H and O–H groups in total. The maximum Gasteiger partial charge on any atom is 0.338 e. The van der Waals surface area contributed by atoms with E-state index in [0.29, 0.717) is 74.1 Å². The zero-order valence-corrected chi connectivity index (χ0v) is 77.2. The van der Waals surface area contributed by atoms with E-state index in [9.17, 15) is 0 Å². The lowest BCUT2D eigenvalue weighted by Crippen LogP contribution is -2.14. The third-order valence-corrected chi connectivity index (χ3v) is 22.6. The number of rotatable bonds is 78. The minimum atomic E-state index is -0.627. The van der Waals surface area contributed by atoms with Gasteiger partial charge in [-0.1, -0.05) is 448 Å². The van der Waals surface area contributed by atoms with Gasteiger partial charge in [0.15, 0.2) is 23.0 Å². The molecule has 0 bridgehead atoms. The van der Waals surface area contributed by atoms with Crippen molar-refractivity contribution in [2.75, 3.05) is 52.9 Å². The van der Waals surface area contributed by atoms with Gasteiger partial charge in [0, 0.05) is 11.1 Å². The second kappa shape index (κ2) is 77.6. The molecule has 0 heterocycles. The van der Waals surface area contributed by atoms with Crippen LogP contribution in [0.4, 0.5) is 0 Å². The first kappa shape index (κ1) is 105. The monoisotopic (exact) mass is 1650 g/mol. The number of esters is 2. The lowest BCUT2D eigenvalue weighted by molar-refractivity contribution is 0.0517. The number of carbonyl (C=O) groups excluding carboxylic acids is 2. The molecule has 0 atom stereocenters. The van der Waals surface area contributed by atoms with Gasteiger partial charge >= 0.3 is 11.9 Å². The van der Waals surface area contributed by atoms with Crippen LogP contribution in [0, 0.1) is 47.4 Å². The topological polar surface area (TPSA) is 108 Å². The van der Waals surface area contributed by atoms with Crippen molar-refractivity contribution in [1.29, 1.82) is 0 Å². The number of benzene rings is 4. The quantitative estimate of drug-likeness (QED) is 0.0241. The molecule has 0 fully saturated rings.